The molecule has 0 amide bonds. The Morgan fingerprint density at radius 2 is 1.89 bits per heavy atom. The van der Waals surface area contributed by atoms with E-state index in [0.717, 1.165) is 12.8 Å². The van der Waals surface area contributed by atoms with E-state index >= 15 is 0 Å². The molecule has 4 heteroatoms. The van der Waals surface area contributed by atoms with Gasteiger partial charge in [0.15, 0.2) is 0 Å². The molecule has 4 N–H and O–H groups in total. The molecule has 1 aliphatic rings. The lowest BCUT2D eigenvalue weighted by atomic mass is 9.85. The first-order valence-electron chi connectivity index (χ1n) is 6.75. The number of rotatable bonds is 6. The second-order valence-corrected chi connectivity index (χ2v) is 5.93. The van der Waals surface area contributed by atoms with E-state index in [-0.39, 0.29) is 11.6 Å². The molecule has 2 atom stereocenters. The summed E-state index contributed by atoms with van der Waals surface area (Å²) in [7, 11) is 0. The van der Waals surface area contributed by atoms with E-state index in [9.17, 15) is 9.59 Å². The number of nitrogens with two attached hydrogens (primary N) is 2. The van der Waals surface area contributed by atoms with Crippen LogP contribution in [0.2, 0.25) is 0 Å². The fraction of sp³-hybridized carbons (Fsp3) is 0.600. The molecule has 0 heterocycles. The normalized spacial score (nSPS) is 19.3. The van der Waals surface area contributed by atoms with Crippen LogP contribution in [0.1, 0.15) is 40.0 Å². The monoisotopic (exact) mass is 264 g/mol. The van der Waals surface area contributed by atoms with Gasteiger partial charge in [-0.1, -0.05) is 25.5 Å². The predicted octanol–water partition coefficient (Wildman–Crippen LogP) is 1.49. The molecule has 1 rings (SSSR count). The largest absolute Gasteiger partial charge is 0.325 e. The van der Waals surface area contributed by atoms with Crippen molar-refractivity contribution in [3.05, 3.63) is 23.8 Å². The highest BCUT2D eigenvalue weighted by Crippen LogP contribution is 2.21. The lowest BCUT2D eigenvalue weighted by Gasteiger charge is -2.27. The van der Waals surface area contributed by atoms with Crippen molar-refractivity contribution in [1.82, 2.24) is 0 Å². The molecule has 0 spiro atoms. The molecule has 0 bridgehead atoms. The van der Waals surface area contributed by atoms with E-state index in [1.807, 2.05) is 13.8 Å². The summed E-state index contributed by atoms with van der Waals surface area (Å²) in [6.45, 7) is 6.13. The summed E-state index contributed by atoms with van der Waals surface area (Å²) in [5, 5.41) is 0. The molecule has 0 aromatic rings. The van der Waals surface area contributed by atoms with Crippen molar-refractivity contribution in [2.45, 2.75) is 51.6 Å². The SMILES string of the molecule is CC(CCCC(N)C1=CC=CC(=O)C1=O)C(C)(C)N. The van der Waals surface area contributed by atoms with Crippen molar-refractivity contribution in [2.24, 2.45) is 17.4 Å². The molecule has 19 heavy (non-hydrogen) atoms. The van der Waals surface area contributed by atoms with Crippen LogP contribution in [0.15, 0.2) is 23.8 Å². The molecule has 0 saturated heterocycles. The number of hydrogen-bond donors (Lipinski definition) is 2. The first kappa shape index (κ1) is 15.8. The molecule has 1 aliphatic carbocycles. The number of carbonyl (C=O) groups excluding carboxylic acids is 2. The highest BCUT2D eigenvalue weighted by atomic mass is 16.2. The maximum Gasteiger partial charge on any atom is 0.230 e. The maximum atomic E-state index is 11.7. The van der Waals surface area contributed by atoms with Crippen LogP contribution in [0.3, 0.4) is 0 Å². The third-order valence-corrected chi connectivity index (χ3v) is 3.83. The van der Waals surface area contributed by atoms with Gasteiger partial charge in [-0.15, -0.1) is 0 Å². The van der Waals surface area contributed by atoms with Gasteiger partial charge in [0.05, 0.1) is 0 Å². The zero-order chi connectivity index (χ0) is 14.6. The van der Waals surface area contributed by atoms with Crippen LogP contribution in [-0.2, 0) is 9.59 Å². The van der Waals surface area contributed by atoms with E-state index in [1.54, 1.807) is 12.2 Å². The second kappa shape index (κ2) is 6.26. The van der Waals surface area contributed by atoms with Crippen LogP contribution in [-0.4, -0.2) is 23.1 Å². The topological polar surface area (TPSA) is 86.2 Å². The molecule has 0 fully saturated rings. The molecular formula is C15H24N2O2. The van der Waals surface area contributed by atoms with Crippen molar-refractivity contribution in [1.29, 1.82) is 0 Å². The van der Waals surface area contributed by atoms with Gasteiger partial charge in [-0.25, -0.2) is 0 Å². The summed E-state index contributed by atoms with van der Waals surface area (Å²) in [5.41, 5.74) is 12.2. The van der Waals surface area contributed by atoms with Gasteiger partial charge in [0.25, 0.3) is 0 Å². The summed E-state index contributed by atoms with van der Waals surface area (Å²) in [6, 6.07) is -0.366. The van der Waals surface area contributed by atoms with E-state index < -0.39 is 11.6 Å². The van der Waals surface area contributed by atoms with Crippen LogP contribution in [0.5, 0.6) is 0 Å². The minimum absolute atomic E-state index is 0.206. The Balaban J connectivity index is 2.46. The minimum atomic E-state index is -0.482. The predicted molar refractivity (Wildman–Crippen MR) is 76.5 cm³/mol. The van der Waals surface area contributed by atoms with Crippen LogP contribution in [0, 0.1) is 5.92 Å². The summed E-state index contributed by atoms with van der Waals surface area (Å²) < 4.78 is 0. The van der Waals surface area contributed by atoms with E-state index in [2.05, 4.69) is 6.92 Å². The van der Waals surface area contributed by atoms with Gasteiger partial charge < -0.3 is 11.5 Å². The Kier molecular flexibility index (Phi) is 5.20. The van der Waals surface area contributed by atoms with Gasteiger partial charge in [0.2, 0.25) is 11.6 Å². The highest BCUT2D eigenvalue weighted by molar-refractivity contribution is 6.48. The average Bonchev–Trinajstić information content (AvgIpc) is 2.31. The van der Waals surface area contributed by atoms with Crippen LogP contribution < -0.4 is 11.5 Å². The van der Waals surface area contributed by atoms with Gasteiger partial charge >= 0.3 is 0 Å². The van der Waals surface area contributed by atoms with Gasteiger partial charge in [-0.05, 0) is 38.7 Å². The van der Waals surface area contributed by atoms with Crippen LogP contribution in [0.4, 0.5) is 0 Å². The fourth-order valence-electron chi connectivity index (χ4n) is 2.00. The molecule has 0 aromatic heterocycles. The fourth-order valence-corrected chi connectivity index (χ4v) is 2.00. The van der Waals surface area contributed by atoms with Crippen molar-refractivity contribution >= 4 is 11.6 Å². The quantitative estimate of drug-likeness (QED) is 0.562. The summed E-state index contributed by atoms with van der Waals surface area (Å²) in [4.78, 5) is 22.9. The minimum Gasteiger partial charge on any atom is -0.325 e. The molecule has 106 valence electrons. The maximum absolute atomic E-state index is 11.7. The molecule has 0 aliphatic heterocycles. The number of ketones is 2. The number of hydrogen-bond acceptors (Lipinski definition) is 4. The van der Waals surface area contributed by atoms with Crippen molar-refractivity contribution in [2.75, 3.05) is 0 Å². The third-order valence-electron chi connectivity index (χ3n) is 3.83. The van der Waals surface area contributed by atoms with Crippen molar-refractivity contribution < 1.29 is 9.59 Å². The van der Waals surface area contributed by atoms with Crippen molar-refractivity contribution in [3.63, 3.8) is 0 Å². The lowest BCUT2D eigenvalue weighted by molar-refractivity contribution is -0.131. The van der Waals surface area contributed by atoms with Gasteiger partial charge in [0.1, 0.15) is 0 Å². The summed E-state index contributed by atoms with van der Waals surface area (Å²) >= 11 is 0. The molecular weight excluding hydrogens is 240 g/mol. The second-order valence-electron chi connectivity index (χ2n) is 5.93. The summed E-state index contributed by atoms with van der Waals surface area (Å²) in [6.07, 6.45) is 7.06. The Bertz CT molecular complexity index is 416. The first-order valence-corrected chi connectivity index (χ1v) is 6.75. The Morgan fingerprint density at radius 3 is 2.47 bits per heavy atom. The van der Waals surface area contributed by atoms with Gasteiger partial charge in [0, 0.05) is 17.2 Å². The number of allylic oxidation sites excluding steroid dienone is 3. The lowest BCUT2D eigenvalue weighted by Crippen LogP contribution is -2.39. The number of carbonyl (C=O) groups is 2. The zero-order valence-electron chi connectivity index (χ0n) is 12.0. The molecule has 2 unspecified atom stereocenters. The van der Waals surface area contributed by atoms with Crippen LogP contribution >= 0.6 is 0 Å². The highest BCUT2D eigenvalue weighted by Gasteiger charge is 2.25. The van der Waals surface area contributed by atoms with E-state index in [0.29, 0.717) is 17.9 Å². The molecule has 0 radical (unpaired) electrons. The Morgan fingerprint density at radius 1 is 1.26 bits per heavy atom. The Labute approximate surface area is 114 Å². The van der Waals surface area contributed by atoms with Crippen LogP contribution in [0.25, 0.3) is 0 Å². The summed E-state index contributed by atoms with van der Waals surface area (Å²) in [5.74, 6) is -0.566. The average molecular weight is 264 g/mol. The molecule has 0 aromatic carbocycles. The molecule has 4 nitrogen and oxygen atoms in total. The smallest absolute Gasteiger partial charge is 0.230 e. The van der Waals surface area contributed by atoms with E-state index in [1.165, 1.54) is 6.08 Å². The zero-order valence-corrected chi connectivity index (χ0v) is 12.0. The molecule has 0 saturated carbocycles. The first-order chi connectivity index (χ1) is 8.73. The van der Waals surface area contributed by atoms with Gasteiger partial charge in [-0.3, -0.25) is 9.59 Å². The van der Waals surface area contributed by atoms with Crippen molar-refractivity contribution in [3.8, 4) is 0 Å². The number of Topliss-reactive ketones (excluding diaryl/α,β-unsaturated/α-hetero) is 1. The Hall–Kier alpha value is -1.26. The van der Waals surface area contributed by atoms with E-state index in [4.69, 9.17) is 11.5 Å². The third kappa shape index (κ3) is 4.40. The van der Waals surface area contributed by atoms with Gasteiger partial charge in [-0.2, -0.15) is 0 Å². The standard InChI is InChI=1S/C15H24N2O2/c1-10(15(2,3)17)6-4-8-12(16)11-7-5-9-13(18)14(11)19/h5,7,9-10,12H,4,6,8,16-17H2,1-3H3.